The van der Waals surface area contributed by atoms with Crippen molar-refractivity contribution in [3.63, 3.8) is 0 Å². The van der Waals surface area contributed by atoms with Gasteiger partial charge >= 0.3 is 0 Å². The van der Waals surface area contributed by atoms with Gasteiger partial charge < -0.3 is 4.90 Å². The van der Waals surface area contributed by atoms with Gasteiger partial charge in [-0.2, -0.15) is 0 Å². The number of hydrogen-bond acceptors (Lipinski definition) is 3. The Kier molecular flexibility index (Phi) is 5.00. The first-order valence-corrected chi connectivity index (χ1v) is 6.21. The fraction of sp³-hybridized carbons (Fsp3) is 0.667. The van der Waals surface area contributed by atoms with Gasteiger partial charge in [-0.3, -0.25) is 4.98 Å². The minimum Gasteiger partial charge on any atom is -0.353 e. The topological polar surface area (TPSA) is 29.0 Å². The molecule has 0 aliphatic rings. The lowest BCUT2D eigenvalue weighted by Crippen LogP contribution is -2.35. The molecule has 0 unspecified atom stereocenters. The summed E-state index contributed by atoms with van der Waals surface area (Å²) in [4.78, 5) is 10.9. The smallest absolute Gasteiger partial charge is 0.147 e. The van der Waals surface area contributed by atoms with E-state index in [1.165, 1.54) is 0 Å². The molecule has 0 aromatic carbocycles. The summed E-state index contributed by atoms with van der Waals surface area (Å²) in [5.41, 5.74) is 0.827. The van der Waals surface area contributed by atoms with Gasteiger partial charge in [-0.25, -0.2) is 4.98 Å². The maximum Gasteiger partial charge on any atom is 0.147 e. The van der Waals surface area contributed by atoms with E-state index in [4.69, 9.17) is 11.6 Å². The van der Waals surface area contributed by atoms with E-state index >= 15 is 0 Å². The SMILES string of the molecule is CC(C)CN(c1cncc(CCl)n1)C(C)C. The molecule has 0 aliphatic carbocycles. The van der Waals surface area contributed by atoms with Crippen LogP contribution < -0.4 is 4.90 Å². The quantitative estimate of drug-likeness (QED) is 0.742. The Morgan fingerprint density at radius 1 is 1.25 bits per heavy atom. The highest BCUT2D eigenvalue weighted by Crippen LogP contribution is 2.16. The van der Waals surface area contributed by atoms with Crippen LogP contribution >= 0.6 is 11.6 Å². The number of alkyl halides is 1. The molecule has 0 radical (unpaired) electrons. The Morgan fingerprint density at radius 3 is 2.44 bits per heavy atom. The first-order valence-electron chi connectivity index (χ1n) is 5.68. The summed E-state index contributed by atoms with van der Waals surface area (Å²) in [6.45, 7) is 9.72. The molecule has 1 heterocycles. The second kappa shape index (κ2) is 6.04. The molecule has 0 spiro atoms. The molecule has 16 heavy (non-hydrogen) atoms. The van der Waals surface area contributed by atoms with E-state index in [1.54, 1.807) is 12.4 Å². The van der Waals surface area contributed by atoms with Crippen molar-refractivity contribution >= 4 is 17.4 Å². The molecule has 0 atom stereocenters. The van der Waals surface area contributed by atoms with Gasteiger partial charge in [0, 0.05) is 18.8 Å². The summed E-state index contributed by atoms with van der Waals surface area (Å²) < 4.78 is 0. The van der Waals surface area contributed by atoms with Crippen molar-refractivity contribution in [2.75, 3.05) is 11.4 Å². The van der Waals surface area contributed by atoms with Crippen molar-refractivity contribution in [1.29, 1.82) is 0 Å². The number of anilines is 1. The fourth-order valence-corrected chi connectivity index (χ4v) is 1.69. The van der Waals surface area contributed by atoms with E-state index < -0.39 is 0 Å². The second-order valence-electron chi connectivity index (χ2n) is 4.64. The Hall–Kier alpha value is -0.830. The molecule has 0 bridgehead atoms. The molecule has 1 rings (SSSR count). The van der Waals surface area contributed by atoms with Crippen LogP contribution in [0.4, 0.5) is 5.82 Å². The zero-order valence-electron chi connectivity index (χ0n) is 10.4. The van der Waals surface area contributed by atoms with Gasteiger partial charge in [0.15, 0.2) is 0 Å². The largest absolute Gasteiger partial charge is 0.353 e. The molecule has 0 saturated heterocycles. The molecule has 0 aliphatic heterocycles. The predicted octanol–water partition coefficient (Wildman–Crippen LogP) is 3.09. The molecule has 0 saturated carbocycles. The van der Waals surface area contributed by atoms with Crippen molar-refractivity contribution in [2.24, 2.45) is 5.92 Å². The lowest BCUT2D eigenvalue weighted by molar-refractivity contribution is 0.565. The zero-order chi connectivity index (χ0) is 12.1. The molecule has 1 aromatic heterocycles. The molecule has 0 fully saturated rings. The Bertz CT molecular complexity index is 326. The van der Waals surface area contributed by atoms with E-state index in [0.29, 0.717) is 17.8 Å². The standard InChI is InChI=1S/C12H20ClN3/c1-9(2)8-16(10(3)4)12-7-14-6-11(5-13)15-12/h6-7,9-10H,5,8H2,1-4H3. The third-order valence-electron chi connectivity index (χ3n) is 2.29. The van der Waals surface area contributed by atoms with E-state index in [2.05, 4.69) is 42.6 Å². The number of hydrogen-bond donors (Lipinski definition) is 0. The summed E-state index contributed by atoms with van der Waals surface area (Å²) in [5, 5.41) is 0. The van der Waals surface area contributed by atoms with Crippen LogP contribution in [0.2, 0.25) is 0 Å². The van der Waals surface area contributed by atoms with Gasteiger partial charge in [0.2, 0.25) is 0 Å². The maximum absolute atomic E-state index is 5.77. The number of rotatable bonds is 5. The van der Waals surface area contributed by atoms with Crippen molar-refractivity contribution < 1.29 is 0 Å². The third-order valence-corrected chi connectivity index (χ3v) is 2.56. The lowest BCUT2D eigenvalue weighted by atomic mass is 10.2. The van der Waals surface area contributed by atoms with Crippen LogP contribution in [-0.4, -0.2) is 22.6 Å². The Balaban J connectivity index is 2.91. The summed E-state index contributed by atoms with van der Waals surface area (Å²) in [5.74, 6) is 1.93. The summed E-state index contributed by atoms with van der Waals surface area (Å²) in [7, 11) is 0. The van der Waals surface area contributed by atoms with Crippen LogP contribution in [0.15, 0.2) is 12.4 Å². The molecule has 1 aromatic rings. The van der Waals surface area contributed by atoms with Gasteiger partial charge in [-0.1, -0.05) is 13.8 Å². The van der Waals surface area contributed by atoms with Crippen LogP contribution in [0.3, 0.4) is 0 Å². The van der Waals surface area contributed by atoms with E-state index in [0.717, 1.165) is 18.1 Å². The van der Waals surface area contributed by atoms with Crippen LogP contribution in [0.1, 0.15) is 33.4 Å². The van der Waals surface area contributed by atoms with Crippen LogP contribution in [0.25, 0.3) is 0 Å². The lowest BCUT2D eigenvalue weighted by Gasteiger charge is -2.29. The van der Waals surface area contributed by atoms with Crippen molar-refractivity contribution in [3.05, 3.63) is 18.1 Å². The fourth-order valence-electron chi connectivity index (χ4n) is 1.56. The Labute approximate surface area is 103 Å². The summed E-state index contributed by atoms with van der Waals surface area (Å²) in [6, 6.07) is 0.419. The van der Waals surface area contributed by atoms with E-state index in [9.17, 15) is 0 Å². The molecule has 0 N–H and O–H groups in total. The highest BCUT2D eigenvalue weighted by molar-refractivity contribution is 6.16. The average molecular weight is 242 g/mol. The van der Waals surface area contributed by atoms with E-state index in [-0.39, 0.29) is 0 Å². The van der Waals surface area contributed by atoms with Gasteiger partial charge in [0.25, 0.3) is 0 Å². The van der Waals surface area contributed by atoms with Crippen LogP contribution in [0, 0.1) is 5.92 Å². The minimum absolute atomic E-state index is 0.411. The van der Waals surface area contributed by atoms with Crippen molar-refractivity contribution in [2.45, 2.75) is 39.6 Å². The van der Waals surface area contributed by atoms with Gasteiger partial charge in [-0.05, 0) is 19.8 Å². The third kappa shape index (κ3) is 3.63. The second-order valence-corrected chi connectivity index (χ2v) is 4.91. The van der Waals surface area contributed by atoms with Crippen LogP contribution in [-0.2, 0) is 5.88 Å². The summed E-state index contributed by atoms with van der Waals surface area (Å²) >= 11 is 5.77. The zero-order valence-corrected chi connectivity index (χ0v) is 11.2. The number of nitrogens with zero attached hydrogens (tertiary/aromatic N) is 3. The normalized spacial score (nSPS) is 11.2. The molecule has 90 valence electrons. The van der Waals surface area contributed by atoms with Crippen molar-refractivity contribution in [1.82, 2.24) is 9.97 Å². The van der Waals surface area contributed by atoms with Crippen molar-refractivity contribution in [3.8, 4) is 0 Å². The first kappa shape index (κ1) is 13.2. The molecule has 3 nitrogen and oxygen atoms in total. The monoisotopic (exact) mass is 241 g/mol. The molecular formula is C12H20ClN3. The minimum atomic E-state index is 0.411. The van der Waals surface area contributed by atoms with Gasteiger partial charge in [-0.15, -0.1) is 11.6 Å². The maximum atomic E-state index is 5.77. The van der Waals surface area contributed by atoms with Gasteiger partial charge in [0.1, 0.15) is 5.82 Å². The van der Waals surface area contributed by atoms with E-state index in [1.807, 2.05) is 0 Å². The number of aromatic nitrogens is 2. The molecule has 4 heteroatoms. The first-order chi connectivity index (χ1) is 7.54. The highest BCUT2D eigenvalue weighted by atomic mass is 35.5. The van der Waals surface area contributed by atoms with Crippen LogP contribution in [0.5, 0.6) is 0 Å². The predicted molar refractivity (Wildman–Crippen MR) is 68.9 cm³/mol. The Morgan fingerprint density at radius 2 is 1.94 bits per heavy atom. The summed E-state index contributed by atoms with van der Waals surface area (Å²) in [6.07, 6.45) is 3.52. The molecular weight excluding hydrogens is 222 g/mol. The highest BCUT2D eigenvalue weighted by Gasteiger charge is 2.14. The average Bonchev–Trinajstić information content (AvgIpc) is 2.25. The van der Waals surface area contributed by atoms with Gasteiger partial charge in [0.05, 0.1) is 17.8 Å². The number of halogens is 1. The molecule has 0 amide bonds.